The van der Waals surface area contributed by atoms with E-state index < -0.39 is 27.9 Å². The monoisotopic (exact) mass is 469 g/mol. The first kappa shape index (κ1) is 27.1. The quantitative estimate of drug-likeness (QED) is 0.200. The molecule has 0 bridgehead atoms. The van der Waals surface area contributed by atoms with Crippen LogP contribution in [0.2, 0.25) is 0 Å². The Morgan fingerprint density at radius 3 is 2.50 bits per heavy atom. The van der Waals surface area contributed by atoms with Gasteiger partial charge in [-0.05, 0) is 36.8 Å². The lowest BCUT2D eigenvalue weighted by molar-refractivity contribution is -0.145. The van der Waals surface area contributed by atoms with Crippen molar-refractivity contribution in [3.63, 3.8) is 0 Å². The molecule has 1 aromatic carbocycles. The molecular formula is C22H28FNO7S. The lowest BCUT2D eigenvalue weighted by Crippen LogP contribution is -2.31. The van der Waals surface area contributed by atoms with E-state index in [9.17, 15) is 22.4 Å². The maximum Gasteiger partial charge on any atom is 0.305 e. The van der Waals surface area contributed by atoms with E-state index in [0.717, 1.165) is 10.6 Å². The standard InChI is InChI=1S/C22H28FNO7S/c1-18(25)31-21(17-30-20-13-11-19(23)12-14-20)9-8-16-24(32(3,27)28)15-7-5-4-6-10-22(26)29-2/h8-9,11-14,21H,4,6,10,15-17H2,1-3H3. The number of carbonyl (C=O) groups is 2. The molecule has 0 fully saturated rings. The topological polar surface area (TPSA) is 99.2 Å². The van der Waals surface area contributed by atoms with Gasteiger partial charge in [0.1, 0.15) is 18.2 Å². The summed E-state index contributed by atoms with van der Waals surface area (Å²) in [5.74, 6) is 4.76. The van der Waals surface area contributed by atoms with E-state index >= 15 is 0 Å². The first-order valence-electron chi connectivity index (χ1n) is 9.81. The van der Waals surface area contributed by atoms with Crippen molar-refractivity contribution in [3.8, 4) is 17.6 Å². The zero-order chi connectivity index (χ0) is 24.0. The van der Waals surface area contributed by atoms with Crippen LogP contribution in [0.25, 0.3) is 0 Å². The predicted octanol–water partition coefficient (Wildman–Crippen LogP) is 2.30. The number of halogens is 1. The molecule has 0 aliphatic carbocycles. The Bertz CT molecular complexity index is 933. The third-order valence-electron chi connectivity index (χ3n) is 3.96. The number of sulfonamides is 1. The van der Waals surface area contributed by atoms with Crippen LogP contribution in [0.3, 0.4) is 0 Å². The van der Waals surface area contributed by atoms with E-state index in [1.54, 1.807) is 6.08 Å². The fourth-order valence-electron chi connectivity index (χ4n) is 2.35. The van der Waals surface area contributed by atoms with Crippen LogP contribution in [0.1, 0.15) is 26.2 Å². The fourth-order valence-corrected chi connectivity index (χ4v) is 3.01. The van der Waals surface area contributed by atoms with Gasteiger partial charge in [-0.25, -0.2) is 12.8 Å². The number of hydrogen-bond acceptors (Lipinski definition) is 7. The highest BCUT2D eigenvalue weighted by molar-refractivity contribution is 7.88. The highest BCUT2D eigenvalue weighted by Crippen LogP contribution is 2.12. The molecule has 0 saturated carbocycles. The van der Waals surface area contributed by atoms with Gasteiger partial charge in [0.2, 0.25) is 10.0 Å². The van der Waals surface area contributed by atoms with Crippen molar-refractivity contribution in [2.75, 3.05) is 33.1 Å². The molecule has 0 radical (unpaired) electrons. The van der Waals surface area contributed by atoms with E-state index in [0.29, 0.717) is 18.6 Å². The number of rotatable bonds is 12. The molecule has 0 heterocycles. The number of hydrogen-bond donors (Lipinski definition) is 0. The van der Waals surface area contributed by atoms with Gasteiger partial charge in [0, 0.05) is 26.3 Å². The van der Waals surface area contributed by atoms with Crippen LogP contribution in [-0.4, -0.2) is 63.8 Å². The molecule has 0 aliphatic rings. The number of esters is 2. The summed E-state index contributed by atoms with van der Waals surface area (Å²) in [7, 11) is -2.21. The third-order valence-corrected chi connectivity index (χ3v) is 5.18. The number of ether oxygens (including phenoxy) is 3. The Morgan fingerprint density at radius 2 is 1.91 bits per heavy atom. The molecule has 1 atom stereocenters. The summed E-state index contributed by atoms with van der Waals surface area (Å²) in [6, 6.07) is 5.37. The Kier molecular flexibility index (Phi) is 12.1. The van der Waals surface area contributed by atoms with Gasteiger partial charge in [0.25, 0.3) is 0 Å². The van der Waals surface area contributed by atoms with E-state index in [1.807, 2.05) is 0 Å². The van der Waals surface area contributed by atoms with Crippen LogP contribution in [0.5, 0.6) is 5.75 Å². The molecule has 1 rings (SSSR count). The second kappa shape index (κ2) is 14.2. The Balaban J connectivity index is 2.65. The summed E-state index contributed by atoms with van der Waals surface area (Å²) in [4.78, 5) is 22.4. The molecule has 8 nitrogen and oxygen atoms in total. The van der Waals surface area contributed by atoms with E-state index in [-0.39, 0.29) is 32.1 Å². The van der Waals surface area contributed by atoms with E-state index in [1.165, 1.54) is 44.4 Å². The first-order chi connectivity index (χ1) is 15.1. The number of benzene rings is 1. The molecule has 10 heteroatoms. The normalized spacial score (nSPS) is 12.2. The van der Waals surface area contributed by atoms with Gasteiger partial charge in [-0.1, -0.05) is 12.0 Å². The number of nitrogens with zero attached hydrogens (tertiary/aromatic N) is 1. The molecule has 0 aliphatic heterocycles. The summed E-state index contributed by atoms with van der Waals surface area (Å²) in [6.45, 7) is 1.22. The highest BCUT2D eigenvalue weighted by Gasteiger charge is 2.15. The van der Waals surface area contributed by atoms with Crippen molar-refractivity contribution in [2.45, 2.75) is 32.3 Å². The third kappa shape index (κ3) is 12.1. The summed E-state index contributed by atoms with van der Waals surface area (Å²) in [6.07, 6.45) is 4.59. The second-order valence-electron chi connectivity index (χ2n) is 6.68. The van der Waals surface area contributed by atoms with Crippen molar-refractivity contribution in [1.29, 1.82) is 0 Å². The maximum atomic E-state index is 13.0. The lowest BCUT2D eigenvalue weighted by Gasteiger charge is -2.17. The van der Waals surface area contributed by atoms with Gasteiger partial charge in [-0.3, -0.25) is 9.59 Å². The molecule has 0 amide bonds. The van der Waals surface area contributed by atoms with Crippen LogP contribution in [-0.2, 0) is 29.1 Å². The largest absolute Gasteiger partial charge is 0.489 e. The molecule has 0 spiro atoms. The second-order valence-corrected chi connectivity index (χ2v) is 8.66. The number of unbranched alkanes of at least 4 members (excludes halogenated alkanes) is 1. The Morgan fingerprint density at radius 1 is 1.22 bits per heavy atom. The van der Waals surface area contributed by atoms with Gasteiger partial charge in [0.15, 0.2) is 6.10 Å². The molecule has 1 unspecified atom stereocenters. The van der Waals surface area contributed by atoms with Gasteiger partial charge in [-0.15, -0.1) is 5.92 Å². The molecule has 0 aromatic heterocycles. The minimum Gasteiger partial charge on any atom is -0.489 e. The average molecular weight is 470 g/mol. The summed E-state index contributed by atoms with van der Waals surface area (Å²) in [5, 5.41) is 0. The van der Waals surface area contributed by atoms with Gasteiger partial charge < -0.3 is 14.2 Å². The van der Waals surface area contributed by atoms with E-state index in [2.05, 4.69) is 16.6 Å². The zero-order valence-corrected chi connectivity index (χ0v) is 19.2. The predicted molar refractivity (Wildman–Crippen MR) is 117 cm³/mol. The zero-order valence-electron chi connectivity index (χ0n) is 18.4. The van der Waals surface area contributed by atoms with Gasteiger partial charge >= 0.3 is 11.9 Å². The molecule has 176 valence electrons. The van der Waals surface area contributed by atoms with Crippen molar-refractivity contribution < 1.29 is 36.6 Å². The molecule has 32 heavy (non-hydrogen) atoms. The van der Waals surface area contributed by atoms with Gasteiger partial charge in [-0.2, -0.15) is 4.31 Å². The Labute approximate surface area is 188 Å². The smallest absolute Gasteiger partial charge is 0.305 e. The highest BCUT2D eigenvalue weighted by atomic mass is 32.2. The van der Waals surface area contributed by atoms with E-state index in [4.69, 9.17) is 9.47 Å². The SMILES string of the molecule is COC(=O)CCCC#CCN(CC=CC(COc1ccc(F)cc1)OC(C)=O)S(C)(=O)=O. The minimum atomic E-state index is -3.52. The number of carbonyl (C=O) groups excluding carboxylic acids is 2. The molecule has 0 N–H and O–H groups in total. The van der Waals surface area contributed by atoms with Crippen molar-refractivity contribution in [2.24, 2.45) is 0 Å². The van der Waals surface area contributed by atoms with Crippen molar-refractivity contribution >= 4 is 22.0 Å². The van der Waals surface area contributed by atoms with Crippen LogP contribution < -0.4 is 4.74 Å². The average Bonchev–Trinajstić information content (AvgIpc) is 2.72. The number of methoxy groups -OCH3 is 1. The molecular weight excluding hydrogens is 441 g/mol. The van der Waals surface area contributed by atoms with Crippen molar-refractivity contribution in [1.82, 2.24) is 4.31 Å². The summed E-state index contributed by atoms with van der Waals surface area (Å²) >= 11 is 0. The van der Waals surface area contributed by atoms with Crippen LogP contribution in [0.4, 0.5) is 4.39 Å². The van der Waals surface area contributed by atoms with Crippen molar-refractivity contribution in [3.05, 3.63) is 42.2 Å². The molecule has 0 saturated heterocycles. The van der Waals surface area contributed by atoms with Crippen LogP contribution >= 0.6 is 0 Å². The summed E-state index contributed by atoms with van der Waals surface area (Å²) in [5.41, 5.74) is 0. The van der Waals surface area contributed by atoms with Crippen LogP contribution in [0, 0.1) is 17.7 Å². The van der Waals surface area contributed by atoms with Crippen LogP contribution in [0.15, 0.2) is 36.4 Å². The Hall–Kier alpha value is -2.90. The first-order valence-corrected chi connectivity index (χ1v) is 11.7. The molecule has 1 aromatic rings. The van der Waals surface area contributed by atoms with Gasteiger partial charge in [0.05, 0.1) is 19.9 Å². The fraction of sp³-hybridized carbons (Fsp3) is 0.455. The maximum absolute atomic E-state index is 13.0. The lowest BCUT2D eigenvalue weighted by atomic mass is 10.2. The minimum absolute atomic E-state index is 0.0178. The summed E-state index contributed by atoms with van der Waals surface area (Å²) < 4.78 is 53.3.